The van der Waals surface area contributed by atoms with Crippen LogP contribution in [0.5, 0.6) is 0 Å². The van der Waals surface area contributed by atoms with Gasteiger partial charge in [-0.05, 0) is 30.7 Å². The Balaban J connectivity index is 1.60. The van der Waals surface area contributed by atoms with Crippen LogP contribution in [-0.2, 0) is 0 Å². The molecule has 7 nitrogen and oxygen atoms in total. The molecule has 0 unspecified atom stereocenters. The van der Waals surface area contributed by atoms with E-state index >= 15 is 0 Å². The molecule has 4 aromatic rings. The molecule has 0 saturated carbocycles. The Hall–Kier alpha value is -3.31. The number of fused-ring (bicyclic) bond motifs is 1. The van der Waals surface area contributed by atoms with Crippen molar-refractivity contribution in [2.45, 2.75) is 13.3 Å². The number of carbonyl (C=O) groups is 1. The fourth-order valence-corrected chi connectivity index (χ4v) is 4.38. The van der Waals surface area contributed by atoms with Gasteiger partial charge in [-0.15, -0.1) is 11.3 Å². The zero-order valence-electron chi connectivity index (χ0n) is 16.9. The maximum atomic E-state index is 14.8. The van der Waals surface area contributed by atoms with Crippen LogP contribution >= 0.6 is 23.3 Å². The standard InChI is InChI=1S/C21H18F2N6OS2/c1-2-9-32-29-14-7-6-13(22)18(16(14)23)28-21(30)12-10-31-19-17(12)25-11-26-20(19)27-15-5-3-4-8-24-15/h3-8,10-11,29H,2,9H2,1H3,(H,28,30)(H,24,25,26,27). The first kappa shape index (κ1) is 21.9. The fraction of sp³-hybridized carbons (Fsp3) is 0.143. The SMILES string of the molecule is CCCSNc1ccc(F)c(NC(=O)c2csc3c(Nc4ccccn4)ncnc23)c1F. The summed E-state index contributed by atoms with van der Waals surface area (Å²) in [5, 5.41) is 7.01. The van der Waals surface area contributed by atoms with Gasteiger partial charge in [-0.2, -0.15) is 0 Å². The Morgan fingerprint density at radius 1 is 1.16 bits per heavy atom. The van der Waals surface area contributed by atoms with Crippen molar-refractivity contribution in [3.63, 3.8) is 0 Å². The third-order valence-corrected chi connectivity index (χ3v) is 6.28. The van der Waals surface area contributed by atoms with Crippen molar-refractivity contribution in [2.75, 3.05) is 21.1 Å². The number of thiophene rings is 1. The molecule has 3 N–H and O–H groups in total. The van der Waals surface area contributed by atoms with Gasteiger partial charge in [0.2, 0.25) is 0 Å². The third kappa shape index (κ3) is 4.63. The Labute approximate surface area is 190 Å². The lowest BCUT2D eigenvalue weighted by atomic mass is 10.2. The maximum Gasteiger partial charge on any atom is 0.258 e. The van der Waals surface area contributed by atoms with E-state index in [9.17, 15) is 13.6 Å². The Morgan fingerprint density at radius 2 is 2.03 bits per heavy atom. The lowest BCUT2D eigenvalue weighted by Gasteiger charge is -2.12. The molecule has 32 heavy (non-hydrogen) atoms. The van der Waals surface area contributed by atoms with Crippen molar-refractivity contribution in [1.29, 1.82) is 0 Å². The summed E-state index contributed by atoms with van der Waals surface area (Å²) < 4.78 is 32.6. The number of nitrogens with zero attached hydrogens (tertiary/aromatic N) is 3. The molecule has 1 amide bonds. The number of hydrogen-bond acceptors (Lipinski definition) is 8. The molecule has 0 saturated heterocycles. The molecule has 0 spiro atoms. The van der Waals surface area contributed by atoms with Crippen LogP contribution in [0, 0.1) is 11.6 Å². The summed E-state index contributed by atoms with van der Waals surface area (Å²) in [7, 11) is 0. The summed E-state index contributed by atoms with van der Waals surface area (Å²) in [6, 6.07) is 7.80. The molecule has 0 atom stereocenters. The zero-order valence-corrected chi connectivity index (χ0v) is 18.5. The Morgan fingerprint density at radius 3 is 2.81 bits per heavy atom. The number of aromatic nitrogens is 3. The summed E-state index contributed by atoms with van der Waals surface area (Å²) in [6.45, 7) is 1.99. The summed E-state index contributed by atoms with van der Waals surface area (Å²) >= 11 is 2.55. The number of pyridine rings is 1. The van der Waals surface area contributed by atoms with E-state index in [2.05, 4.69) is 30.3 Å². The molecule has 3 heterocycles. The van der Waals surface area contributed by atoms with Gasteiger partial charge in [0.05, 0.1) is 21.5 Å². The van der Waals surface area contributed by atoms with Crippen LogP contribution in [0.3, 0.4) is 0 Å². The van der Waals surface area contributed by atoms with Gasteiger partial charge in [0.25, 0.3) is 5.91 Å². The molecule has 0 aliphatic carbocycles. The highest BCUT2D eigenvalue weighted by Gasteiger charge is 2.21. The molecular weight excluding hydrogens is 454 g/mol. The largest absolute Gasteiger partial charge is 0.327 e. The van der Waals surface area contributed by atoms with E-state index in [0.29, 0.717) is 21.9 Å². The first-order chi connectivity index (χ1) is 15.6. The van der Waals surface area contributed by atoms with Gasteiger partial charge in [-0.25, -0.2) is 23.7 Å². The first-order valence-electron chi connectivity index (χ1n) is 9.66. The summed E-state index contributed by atoms with van der Waals surface area (Å²) in [4.78, 5) is 25.5. The van der Waals surface area contributed by atoms with E-state index in [1.54, 1.807) is 23.7 Å². The van der Waals surface area contributed by atoms with E-state index < -0.39 is 23.2 Å². The van der Waals surface area contributed by atoms with E-state index in [1.165, 1.54) is 35.7 Å². The van der Waals surface area contributed by atoms with Gasteiger partial charge in [0.15, 0.2) is 11.6 Å². The second-order valence-corrected chi connectivity index (χ2v) is 8.36. The van der Waals surface area contributed by atoms with Gasteiger partial charge in [0, 0.05) is 17.3 Å². The van der Waals surface area contributed by atoms with Crippen LogP contribution in [0.15, 0.2) is 48.2 Å². The smallest absolute Gasteiger partial charge is 0.258 e. The lowest BCUT2D eigenvalue weighted by Crippen LogP contribution is -2.15. The molecule has 1 aromatic carbocycles. The zero-order chi connectivity index (χ0) is 22.5. The van der Waals surface area contributed by atoms with Crippen LogP contribution in [0.1, 0.15) is 23.7 Å². The number of rotatable bonds is 8. The second kappa shape index (κ2) is 9.88. The number of nitrogens with one attached hydrogen (secondary N) is 3. The lowest BCUT2D eigenvalue weighted by molar-refractivity contribution is 0.102. The van der Waals surface area contributed by atoms with Gasteiger partial charge in [0.1, 0.15) is 23.6 Å². The molecule has 3 aromatic heterocycles. The van der Waals surface area contributed by atoms with Gasteiger partial charge < -0.3 is 15.4 Å². The van der Waals surface area contributed by atoms with Crippen molar-refractivity contribution in [3.8, 4) is 0 Å². The predicted octanol–water partition coefficient (Wildman–Crippen LogP) is 5.83. The third-order valence-electron chi connectivity index (χ3n) is 4.33. The molecule has 0 aliphatic heterocycles. The van der Waals surface area contributed by atoms with E-state index in [1.807, 2.05) is 13.0 Å². The monoisotopic (exact) mass is 472 g/mol. The highest BCUT2D eigenvalue weighted by molar-refractivity contribution is 8.00. The topological polar surface area (TPSA) is 91.8 Å². The van der Waals surface area contributed by atoms with E-state index in [-0.39, 0.29) is 11.3 Å². The number of hydrogen-bond donors (Lipinski definition) is 3. The molecule has 4 rings (SSSR count). The van der Waals surface area contributed by atoms with Gasteiger partial charge in [-0.1, -0.05) is 24.9 Å². The summed E-state index contributed by atoms with van der Waals surface area (Å²) in [5.41, 5.74) is 0.139. The van der Waals surface area contributed by atoms with Crippen molar-refractivity contribution in [3.05, 3.63) is 65.4 Å². The van der Waals surface area contributed by atoms with Crippen molar-refractivity contribution in [2.24, 2.45) is 0 Å². The quantitative estimate of drug-likeness (QED) is 0.219. The molecule has 0 fully saturated rings. The summed E-state index contributed by atoms with van der Waals surface area (Å²) in [6.07, 6.45) is 3.85. The number of anilines is 4. The molecule has 0 radical (unpaired) electrons. The normalized spacial score (nSPS) is 10.8. The minimum atomic E-state index is -0.867. The van der Waals surface area contributed by atoms with Crippen LogP contribution in [0.25, 0.3) is 10.2 Å². The van der Waals surface area contributed by atoms with Crippen LogP contribution in [0.2, 0.25) is 0 Å². The predicted molar refractivity (Wildman–Crippen MR) is 126 cm³/mol. The Bertz CT molecular complexity index is 1250. The fourth-order valence-electron chi connectivity index (χ4n) is 2.82. The molecule has 0 aliphatic rings. The van der Waals surface area contributed by atoms with E-state index in [0.717, 1.165) is 18.2 Å². The average molecular weight is 473 g/mol. The highest BCUT2D eigenvalue weighted by Crippen LogP contribution is 2.32. The van der Waals surface area contributed by atoms with Crippen molar-refractivity contribution in [1.82, 2.24) is 15.0 Å². The molecule has 164 valence electrons. The van der Waals surface area contributed by atoms with Crippen LogP contribution in [0.4, 0.5) is 31.8 Å². The molecular formula is C21H18F2N6OS2. The summed E-state index contributed by atoms with van der Waals surface area (Å²) in [5.74, 6) is -0.582. The molecule has 11 heteroatoms. The molecule has 0 bridgehead atoms. The minimum absolute atomic E-state index is 0.0968. The Kier molecular flexibility index (Phi) is 6.76. The minimum Gasteiger partial charge on any atom is -0.327 e. The van der Waals surface area contributed by atoms with E-state index in [4.69, 9.17) is 0 Å². The number of amides is 1. The average Bonchev–Trinajstić information content (AvgIpc) is 3.24. The first-order valence-corrected chi connectivity index (χ1v) is 11.5. The van der Waals surface area contributed by atoms with Gasteiger partial charge >= 0.3 is 0 Å². The van der Waals surface area contributed by atoms with Crippen molar-refractivity contribution >= 4 is 62.4 Å². The number of carbonyl (C=O) groups excluding carboxylic acids is 1. The van der Waals surface area contributed by atoms with Crippen LogP contribution in [-0.4, -0.2) is 26.6 Å². The van der Waals surface area contributed by atoms with Gasteiger partial charge in [-0.3, -0.25) is 4.79 Å². The van der Waals surface area contributed by atoms with Crippen molar-refractivity contribution < 1.29 is 13.6 Å². The second-order valence-electron chi connectivity index (χ2n) is 6.58. The maximum absolute atomic E-state index is 14.8. The highest BCUT2D eigenvalue weighted by atomic mass is 32.2. The van der Waals surface area contributed by atoms with Crippen LogP contribution < -0.4 is 15.4 Å². The number of benzene rings is 1. The number of halogens is 2.